The Morgan fingerprint density at radius 1 is 0.633 bits per heavy atom. The third-order valence-corrected chi connectivity index (χ3v) is 9.49. The van der Waals surface area contributed by atoms with Gasteiger partial charge in [-0.3, -0.25) is 4.68 Å². The van der Waals surface area contributed by atoms with Crippen molar-refractivity contribution in [3.63, 3.8) is 0 Å². The molecule has 240 valence electrons. The van der Waals surface area contributed by atoms with Gasteiger partial charge in [0.2, 0.25) is 0 Å². The highest BCUT2D eigenvalue weighted by Crippen LogP contribution is 2.41. The molecule has 8 nitrogen and oxygen atoms in total. The summed E-state index contributed by atoms with van der Waals surface area (Å²) in [4.78, 5) is 25.4. The van der Waals surface area contributed by atoms with Crippen LogP contribution in [0.2, 0.25) is 0 Å². The number of hydrogen-bond acceptors (Lipinski definition) is 6. The minimum atomic E-state index is -0.917. The van der Waals surface area contributed by atoms with E-state index in [1.807, 2.05) is 30.5 Å². The summed E-state index contributed by atoms with van der Waals surface area (Å²) in [6, 6.07) is 45.1. The number of rotatable bonds is 8. The van der Waals surface area contributed by atoms with Crippen LogP contribution in [0.25, 0.3) is 22.0 Å². The van der Waals surface area contributed by atoms with E-state index in [2.05, 4.69) is 117 Å². The number of hydrogen-bond donors (Lipinski definition) is 1. The molecule has 49 heavy (non-hydrogen) atoms. The van der Waals surface area contributed by atoms with Crippen LogP contribution < -0.4 is 9.80 Å². The first kappa shape index (κ1) is 30.1. The second-order valence-electron chi connectivity index (χ2n) is 12.2. The fourth-order valence-electron chi connectivity index (χ4n) is 7.08. The summed E-state index contributed by atoms with van der Waals surface area (Å²) in [6.07, 6.45) is 5.71. The molecule has 8 rings (SSSR count). The summed E-state index contributed by atoms with van der Waals surface area (Å²) < 4.78 is 2.09. The van der Waals surface area contributed by atoms with Crippen LogP contribution in [0.15, 0.2) is 152 Å². The van der Waals surface area contributed by atoms with E-state index >= 15 is 0 Å². The number of carboxylic acids is 1. The first-order valence-corrected chi connectivity index (χ1v) is 16.4. The van der Waals surface area contributed by atoms with Crippen molar-refractivity contribution in [1.82, 2.24) is 19.7 Å². The Labute approximate surface area is 284 Å². The predicted molar refractivity (Wildman–Crippen MR) is 193 cm³/mol. The molecule has 1 aliphatic rings. The van der Waals surface area contributed by atoms with E-state index in [1.165, 1.54) is 0 Å². The fourth-order valence-corrected chi connectivity index (χ4v) is 7.08. The SMILES string of the molecule is O=C(O)c1cccc(N2CCN(c3ncnc4ccc(-c5cnn(C(c6ccccc6)(c6ccccc6)c6ccccc6)c5)cc34)CC2)c1. The van der Waals surface area contributed by atoms with E-state index < -0.39 is 11.5 Å². The van der Waals surface area contributed by atoms with Crippen molar-refractivity contribution in [1.29, 1.82) is 0 Å². The summed E-state index contributed by atoms with van der Waals surface area (Å²) in [6.45, 7) is 3.00. The highest BCUT2D eigenvalue weighted by atomic mass is 16.4. The van der Waals surface area contributed by atoms with E-state index in [0.29, 0.717) is 5.56 Å². The molecular formula is C41H34N6O2. The lowest BCUT2D eigenvalue weighted by Crippen LogP contribution is -2.47. The van der Waals surface area contributed by atoms with E-state index in [-0.39, 0.29) is 0 Å². The molecule has 0 bridgehead atoms. The zero-order chi connectivity index (χ0) is 33.2. The molecule has 0 atom stereocenters. The minimum Gasteiger partial charge on any atom is -0.478 e. The van der Waals surface area contributed by atoms with Crippen molar-refractivity contribution < 1.29 is 9.90 Å². The van der Waals surface area contributed by atoms with Crippen LogP contribution in [-0.2, 0) is 5.54 Å². The van der Waals surface area contributed by atoms with E-state index in [9.17, 15) is 9.90 Å². The molecule has 0 unspecified atom stereocenters. The molecule has 7 aromatic rings. The van der Waals surface area contributed by atoms with Gasteiger partial charge < -0.3 is 14.9 Å². The molecule has 8 heteroatoms. The molecular weight excluding hydrogens is 608 g/mol. The summed E-state index contributed by atoms with van der Waals surface area (Å²) >= 11 is 0. The standard InChI is InChI=1S/C41H34N6O2/c48-40(49)31-11-10-18-36(25-31)45-21-23-46(24-22-45)39-37-26-30(19-20-38(37)42-29-43-39)32-27-44-47(28-32)41(33-12-4-1-5-13-33,34-14-6-2-7-15-34)35-16-8-3-9-17-35/h1-20,25-29H,21-24H2,(H,48,49). The number of aromatic carboxylic acids is 1. The topological polar surface area (TPSA) is 87.4 Å². The molecule has 0 spiro atoms. The van der Waals surface area contributed by atoms with Gasteiger partial charge >= 0.3 is 5.97 Å². The first-order valence-electron chi connectivity index (χ1n) is 16.4. The maximum absolute atomic E-state index is 11.5. The molecule has 1 fully saturated rings. The number of nitrogens with zero attached hydrogens (tertiary/aromatic N) is 6. The summed E-state index contributed by atoms with van der Waals surface area (Å²) in [5, 5.41) is 15.5. The van der Waals surface area contributed by atoms with Gasteiger partial charge in [0.05, 0.1) is 17.3 Å². The van der Waals surface area contributed by atoms with Gasteiger partial charge in [-0.2, -0.15) is 5.10 Å². The normalized spacial score (nSPS) is 13.5. The van der Waals surface area contributed by atoms with Crippen molar-refractivity contribution in [2.45, 2.75) is 5.54 Å². The van der Waals surface area contributed by atoms with Crippen molar-refractivity contribution in [2.75, 3.05) is 36.0 Å². The van der Waals surface area contributed by atoms with Gasteiger partial charge in [-0.15, -0.1) is 0 Å². The Morgan fingerprint density at radius 3 is 1.86 bits per heavy atom. The first-order chi connectivity index (χ1) is 24.1. The quantitative estimate of drug-likeness (QED) is 0.173. The van der Waals surface area contributed by atoms with Crippen LogP contribution in [0.4, 0.5) is 11.5 Å². The zero-order valence-corrected chi connectivity index (χ0v) is 26.8. The van der Waals surface area contributed by atoms with Crippen LogP contribution in [0.1, 0.15) is 27.0 Å². The van der Waals surface area contributed by atoms with Crippen LogP contribution in [0.3, 0.4) is 0 Å². The van der Waals surface area contributed by atoms with Gasteiger partial charge in [0.1, 0.15) is 17.7 Å². The number of piperazine rings is 1. The molecule has 0 amide bonds. The third-order valence-electron chi connectivity index (χ3n) is 9.49. The monoisotopic (exact) mass is 642 g/mol. The highest BCUT2D eigenvalue weighted by Gasteiger charge is 2.39. The number of anilines is 2. The predicted octanol–water partition coefficient (Wildman–Crippen LogP) is 7.36. The van der Waals surface area contributed by atoms with Crippen molar-refractivity contribution in [3.05, 3.63) is 174 Å². The second kappa shape index (κ2) is 12.7. The molecule has 1 aliphatic heterocycles. The molecule has 0 radical (unpaired) electrons. The average Bonchev–Trinajstić information content (AvgIpc) is 3.67. The van der Waals surface area contributed by atoms with Gasteiger partial charge in [0.25, 0.3) is 0 Å². The highest BCUT2D eigenvalue weighted by molar-refractivity contribution is 5.93. The molecule has 0 aliphatic carbocycles. The zero-order valence-electron chi connectivity index (χ0n) is 26.8. The molecule has 5 aromatic carbocycles. The summed E-state index contributed by atoms with van der Waals surface area (Å²) in [5.74, 6) is -0.0226. The van der Waals surface area contributed by atoms with Gasteiger partial charge in [-0.25, -0.2) is 14.8 Å². The Kier molecular flexibility index (Phi) is 7.81. The van der Waals surface area contributed by atoms with Crippen LogP contribution in [0, 0.1) is 0 Å². The van der Waals surface area contributed by atoms with E-state index in [0.717, 1.165) is 76.4 Å². The van der Waals surface area contributed by atoms with Crippen molar-refractivity contribution in [2.24, 2.45) is 0 Å². The summed E-state index contributed by atoms with van der Waals surface area (Å²) in [7, 11) is 0. The van der Waals surface area contributed by atoms with Crippen LogP contribution >= 0.6 is 0 Å². The van der Waals surface area contributed by atoms with E-state index in [1.54, 1.807) is 24.5 Å². The molecule has 1 N–H and O–H groups in total. The maximum atomic E-state index is 11.5. The number of carboxylic acid groups (broad SMARTS) is 1. The lowest BCUT2D eigenvalue weighted by Gasteiger charge is -2.37. The Bertz CT molecular complexity index is 2130. The van der Waals surface area contributed by atoms with Crippen molar-refractivity contribution >= 4 is 28.4 Å². The van der Waals surface area contributed by atoms with Gasteiger partial charge in [0.15, 0.2) is 0 Å². The van der Waals surface area contributed by atoms with Gasteiger partial charge in [-0.1, -0.05) is 103 Å². The number of aromatic nitrogens is 4. The minimum absolute atomic E-state index is 0.297. The lowest BCUT2D eigenvalue weighted by atomic mass is 9.77. The van der Waals surface area contributed by atoms with Crippen LogP contribution in [-0.4, -0.2) is 57.0 Å². The van der Waals surface area contributed by atoms with E-state index in [4.69, 9.17) is 10.1 Å². The fraction of sp³-hybridized carbons (Fsp3) is 0.122. The molecule has 3 heterocycles. The third kappa shape index (κ3) is 5.47. The smallest absolute Gasteiger partial charge is 0.335 e. The molecule has 0 saturated carbocycles. The molecule has 1 saturated heterocycles. The number of benzene rings is 5. The van der Waals surface area contributed by atoms with Crippen molar-refractivity contribution in [3.8, 4) is 11.1 Å². The Hall–Kier alpha value is -6.28. The maximum Gasteiger partial charge on any atom is 0.335 e. The largest absolute Gasteiger partial charge is 0.478 e. The number of carbonyl (C=O) groups is 1. The molecule has 2 aromatic heterocycles. The van der Waals surface area contributed by atoms with Crippen LogP contribution in [0.5, 0.6) is 0 Å². The Morgan fingerprint density at radius 2 is 1.24 bits per heavy atom. The lowest BCUT2D eigenvalue weighted by molar-refractivity contribution is 0.0697. The number of fused-ring (bicyclic) bond motifs is 1. The summed E-state index contributed by atoms with van der Waals surface area (Å²) in [5.41, 5.74) is 6.77. The van der Waals surface area contributed by atoms with Gasteiger partial charge in [0, 0.05) is 49.0 Å². The average molecular weight is 643 g/mol. The van der Waals surface area contributed by atoms with Gasteiger partial charge in [-0.05, 0) is 52.6 Å². The second-order valence-corrected chi connectivity index (χ2v) is 12.2. The Balaban J connectivity index is 1.16.